The monoisotopic (exact) mass is 291 g/mol. The van der Waals surface area contributed by atoms with Crippen LogP contribution in [0.2, 0.25) is 5.02 Å². The second-order valence-corrected chi connectivity index (χ2v) is 4.97. The Hall–Kier alpha value is -1.87. The van der Waals surface area contributed by atoms with Gasteiger partial charge in [0.15, 0.2) is 0 Å². The highest BCUT2D eigenvalue weighted by Crippen LogP contribution is 2.09. The Kier molecular flexibility index (Phi) is 5.13. The van der Waals surface area contributed by atoms with Gasteiger partial charge in [0, 0.05) is 18.0 Å². The second-order valence-electron chi connectivity index (χ2n) is 4.53. The standard InChI is InChI=1S/C16H15ClFNO/c17-14-6-1-13(2-7-14)11-19-16(20)10-5-12-3-8-15(18)9-4-12/h1-4,6-9H,5,10-11H2,(H,19,20). The van der Waals surface area contributed by atoms with Crippen molar-refractivity contribution in [2.45, 2.75) is 19.4 Å². The SMILES string of the molecule is O=C(CCc1ccc(F)cc1)NCc1ccc(Cl)cc1. The fourth-order valence-corrected chi connectivity index (χ4v) is 1.93. The third-order valence-corrected chi connectivity index (χ3v) is 3.21. The maximum atomic E-state index is 12.7. The Morgan fingerprint density at radius 1 is 1.00 bits per heavy atom. The number of benzene rings is 2. The van der Waals surface area contributed by atoms with E-state index in [1.165, 1.54) is 12.1 Å². The zero-order chi connectivity index (χ0) is 14.4. The highest BCUT2D eigenvalue weighted by molar-refractivity contribution is 6.30. The summed E-state index contributed by atoms with van der Waals surface area (Å²) in [5, 5.41) is 3.52. The van der Waals surface area contributed by atoms with Crippen molar-refractivity contribution in [3.05, 3.63) is 70.5 Å². The average Bonchev–Trinajstić information content (AvgIpc) is 2.46. The van der Waals surface area contributed by atoms with Gasteiger partial charge in [0.1, 0.15) is 5.82 Å². The third-order valence-electron chi connectivity index (χ3n) is 2.96. The van der Waals surface area contributed by atoms with E-state index < -0.39 is 0 Å². The lowest BCUT2D eigenvalue weighted by Crippen LogP contribution is -2.22. The molecule has 0 atom stereocenters. The Bertz CT molecular complexity index is 515. The van der Waals surface area contributed by atoms with Crippen molar-refractivity contribution in [2.24, 2.45) is 0 Å². The van der Waals surface area contributed by atoms with Crippen LogP contribution in [0, 0.1) is 5.82 Å². The molecule has 1 N–H and O–H groups in total. The first-order chi connectivity index (χ1) is 9.63. The molecule has 2 aromatic carbocycles. The summed E-state index contributed by atoms with van der Waals surface area (Å²) in [5.41, 5.74) is 1.96. The largest absolute Gasteiger partial charge is 0.352 e. The van der Waals surface area contributed by atoms with Crippen molar-refractivity contribution >= 4 is 17.5 Å². The van der Waals surface area contributed by atoms with E-state index in [1.807, 2.05) is 12.1 Å². The van der Waals surface area contributed by atoms with Gasteiger partial charge in [-0.3, -0.25) is 4.79 Å². The van der Waals surface area contributed by atoms with Crippen LogP contribution in [0.4, 0.5) is 4.39 Å². The summed E-state index contributed by atoms with van der Waals surface area (Å²) in [4.78, 5) is 11.7. The van der Waals surface area contributed by atoms with Crippen LogP contribution in [0.1, 0.15) is 17.5 Å². The zero-order valence-corrected chi connectivity index (χ0v) is 11.7. The van der Waals surface area contributed by atoms with Gasteiger partial charge in [-0.15, -0.1) is 0 Å². The maximum absolute atomic E-state index is 12.7. The van der Waals surface area contributed by atoms with E-state index in [0.717, 1.165) is 11.1 Å². The van der Waals surface area contributed by atoms with Crippen molar-refractivity contribution in [1.82, 2.24) is 5.32 Å². The second kappa shape index (κ2) is 7.06. The predicted molar refractivity (Wildman–Crippen MR) is 78.0 cm³/mol. The topological polar surface area (TPSA) is 29.1 Å². The van der Waals surface area contributed by atoms with Gasteiger partial charge in [-0.2, -0.15) is 0 Å². The molecule has 4 heteroatoms. The lowest BCUT2D eigenvalue weighted by molar-refractivity contribution is -0.121. The van der Waals surface area contributed by atoms with E-state index in [4.69, 9.17) is 11.6 Å². The van der Waals surface area contributed by atoms with Gasteiger partial charge in [0.25, 0.3) is 0 Å². The molecule has 20 heavy (non-hydrogen) atoms. The predicted octanol–water partition coefficient (Wildman–Crippen LogP) is 3.73. The van der Waals surface area contributed by atoms with E-state index in [1.54, 1.807) is 24.3 Å². The molecule has 0 fully saturated rings. The smallest absolute Gasteiger partial charge is 0.220 e. The quantitative estimate of drug-likeness (QED) is 0.893. The molecule has 0 aliphatic heterocycles. The van der Waals surface area contributed by atoms with Crippen LogP contribution in [-0.4, -0.2) is 5.91 Å². The fourth-order valence-electron chi connectivity index (χ4n) is 1.80. The summed E-state index contributed by atoms with van der Waals surface area (Å²) in [5.74, 6) is -0.287. The number of hydrogen-bond donors (Lipinski definition) is 1. The molecule has 0 saturated carbocycles. The first-order valence-electron chi connectivity index (χ1n) is 6.39. The number of carbonyl (C=O) groups excluding carboxylic acids is 1. The van der Waals surface area contributed by atoms with Gasteiger partial charge in [0.2, 0.25) is 5.91 Å². The van der Waals surface area contributed by atoms with Crippen LogP contribution in [0.3, 0.4) is 0 Å². The Morgan fingerprint density at radius 2 is 1.60 bits per heavy atom. The van der Waals surface area contributed by atoms with Crippen LogP contribution < -0.4 is 5.32 Å². The third kappa shape index (κ3) is 4.67. The molecule has 0 radical (unpaired) electrons. The molecule has 0 heterocycles. The minimum atomic E-state index is -0.263. The summed E-state index contributed by atoms with van der Waals surface area (Å²) >= 11 is 5.79. The highest BCUT2D eigenvalue weighted by atomic mass is 35.5. The summed E-state index contributed by atoms with van der Waals surface area (Å²) in [7, 11) is 0. The van der Waals surface area contributed by atoms with Crippen molar-refractivity contribution in [1.29, 1.82) is 0 Å². The normalized spacial score (nSPS) is 10.3. The van der Waals surface area contributed by atoms with Gasteiger partial charge >= 0.3 is 0 Å². The first-order valence-corrected chi connectivity index (χ1v) is 6.77. The highest BCUT2D eigenvalue weighted by Gasteiger charge is 2.03. The number of nitrogens with one attached hydrogen (secondary N) is 1. The summed E-state index contributed by atoms with van der Waals surface area (Å²) < 4.78 is 12.7. The lowest BCUT2D eigenvalue weighted by Gasteiger charge is -2.06. The molecule has 0 aliphatic rings. The van der Waals surface area contributed by atoms with E-state index in [9.17, 15) is 9.18 Å². The molecule has 0 saturated heterocycles. The number of rotatable bonds is 5. The number of carbonyl (C=O) groups is 1. The summed E-state index contributed by atoms with van der Waals surface area (Å²) in [6.07, 6.45) is 0.992. The van der Waals surface area contributed by atoms with Crippen molar-refractivity contribution < 1.29 is 9.18 Å². The molecule has 0 bridgehead atoms. The van der Waals surface area contributed by atoms with E-state index in [-0.39, 0.29) is 11.7 Å². The Balaban J connectivity index is 1.75. The van der Waals surface area contributed by atoms with E-state index >= 15 is 0 Å². The van der Waals surface area contributed by atoms with Crippen LogP contribution >= 0.6 is 11.6 Å². The van der Waals surface area contributed by atoms with Gasteiger partial charge in [-0.05, 0) is 41.8 Å². The minimum absolute atomic E-state index is 0.0238. The van der Waals surface area contributed by atoms with Crippen LogP contribution in [-0.2, 0) is 17.8 Å². The molecule has 2 nitrogen and oxygen atoms in total. The Labute approximate surface area is 122 Å². The van der Waals surface area contributed by atoms with Crippen LogP contribution in [0.15, 0.2) is 48.5 Å². The van der Waals surface area contributed by atoms with Gasteiger partial charge < -0.3 is 5.32 Å². The molecule has 2 aromatic rings. The van der Waals surface area contributed by atoms with Gasteiger partial charge in [-0.1, -0.05) is 35.9 Å². The van der Waals surface area contributed by atoms with Crippen molar-refractivity contribution in [3.63, 3.8) is 0 Å². The number of aryl methyl sites for hydroxylation is 1. The van der Waals surface area contributed by atoms with Gasteiger partial charge in [-0.25, -0.2) is 4.39 Å². The minimum Gasteiger partial charge on any atom is -0.352 e. The van der Waals surface area contributed by atoms with Crippen molar-refractivity contribution in [3.8, 4) is 0 Å². The molecule has 104 valence electrons. The molecule has 2 rings (SSSR count). The number of hydrogen-bond acceptors (Lipinski definition) is 1. The Morgan fingerprint density at radius 3 is 2.25 bits per heavy atom. The van der Waals surface area contributed by atoms with E-state index in [0.29, 0.717) is 24.4 Å². The number of halogens is 2. The zero-order valence-electron chi connectivity index (χ0n) is 10.9. The molecule has 0 unspecified atom stereocenters. The molecule has 0 aromatic heterocycles. The maximum Gasteiger partial charge on any atom is 0.220 e. The summed E-state index contributed by atoms with van der Waals surface area (Å²) in [6, 6.07) is 13.5. The summed E-state index contributed by atoms with van der Waals surface area (Å²) in [6.45, 7) is 0.486. The van der Waals surface area contributed by atoms with Gasteiger partial charge in [0.05, 0.1) is 0 Å². The molecular formula is C16H15ClFNO. The average molecular weight is 292 g/mol. The fraction of sp³-hybridized carbons (Fsp3) is 0.188. The van der Waals surface area contributed by atoms with Crippen molar-refractivity contribution in [2.75, 3.05) is 0 Å². The lowest BCUT2D eigenvalue weighted by atomic mass is 10.1. The molecular weight excluding hydrogens is 277 g/mol. The van der Waals surface area contributed by atoms with Crippen LogP contribution in [0.5, 0.6) is 0 Å². The molecule has 1 amide bonds. The molecule has 0 spiro atoms. The van der Waals surface area contributed by atoms with E-state index in [2.05, 4.69) is 5.32 Å². The van der Waals surface area contributed by atoms with Crippen LogP contribution in [0.25, 0.3) is 0 Å². The molecule has 0 aliphatic carbocycles. The number of amides is 1. The first kappa shape index (κ1) is 14.5.